The second kappa shape index (κ2) is 10.1. The van der Waals surface area contributed by atoms with Crippen LogP contribution < -0.4 is 0 Å². The number of hydrogen-bond acceptors (Lipinski definition) is 2. The fourth-order valence-electron chi connectivity index (χ4n) is 4.45. The fraction of sp³-hybridized carbons (Fsp3) is 0.267. The molecule has 32 heavy (non-hydrogen) atoms. The van der Waals surface area contributed by atoms with Gasteiger partial charge in [-0.1, -0.05) is 78.9 Å². The van der Waals surface area contributed by atoms with Crippen molar-refractivity contribution in [1.29, 1.82) is 0 Å². The Balaban J connectivity index is 1.95. The van der Waals surface area contributed by atoms with Gasteiger partial charge in [0.1, 0.15) is 0 Å². The topological polar surface area (TPSA) is 6.48 Å². The summed E-state index contributed by atoms with van der Waals surface area (Å²) in [6, 6.07) is 31.1. The summed E-state index contributed by atoms with van der Waals surface area (Å²) in [5, 5.41) is 5.24. The van der Waals surface area contributed by atoms with Crippen LogP contribution in [0.3, 0.4) is 0 Å². The van der Waals surface area contributed by atoms with Gasteiger partial charge in [0.2, 0.25) is 0 Å². The molecule has 0 aliphatic carbocycles. The van der Waals surface area contributed by atoms with Crippen molar-refractivity contribution in [2.45, 2.75) is 12.8 Å². The average molecular weight is 423 g/mol. The third-order valence-corrected chi connectivity index (χ3v) is 6.19. The Morgan fingerprint density at radius 1 is 0.562 bits per heavy atom. The minimum Gasteiger partial charge on any atom is -0.309 e. The maximum Gasteiger partial charge on any atom is 0.00160 e. The van der Waals surface area contributed by atoms with E-state index in [-0.39, 0.29) is 0 Å². The number of rotatable bonds is 8. The van der Waals surface area contributed by atoms with Crippen LogP contribution in [-0.2, 0) is 0 Å². The van der Waals surface area contributed by atoms with Gasteiger partial charge in [-0.15, -0.1) is 0 Å². The standard InChI is InChI=1S/C30H34N2/c1-31(2)20-18-28(26-17-16-23-10-5-6-12-25(23)22-26)30(19-21-32(3)4)29-15-9-13-24-11-7-8-14-27(24)29/h5-17,22H,18-21H2,1-4H3/b30-28+. The normalized spacial score (nSPS) is 12.7. The van der Waals surface area contributed by atoms with E-state index in [0.29, 0.717) is 0 Å². The van der Waals surface area contributed by atoms with E-state index >= 15 is 0 Å². The summed E-state index contributed by atoms with van der Waals surface area (Å²) in [4.78, 5) is 4.57. The molecule has 0 bridgehead atoms. The van der Waals surface area contributed by atoms with Gasteiger partial charge in [0.05, 0.1) is 0 Å². The SMILES string of the molecule is CN(C)CC/C(=C(/CCN(C)C)c1cccc2ccccc12)c1ccc2ccccc2c1. The van der Waals surface area contributed by atoms with Gasteiger partial charge in [0, 0.05) is 13.1 Å². The van der Waals surface area contributed by atoms with Crippen LogP contribution in [0.15, 0.2) is 84.9 Å². The molecule has 0 aromatic heterocycles. The Hall–Kier alpha value is -2.94. The largest absolute Gasteiger partial charge is 0.309 e. The molecule has 0 spiro atoms. The molecule has 164 valence electrons. The molecule has 4 aromatic rings. The zero-order valence-electron chi connectivity index (χ0n) is 19.8. The van der Waals surface area contributed by atoms with Crippen LogP contribution in [0.25, 0.3) is 32.7 Å². The van der Waals surface area contributed by atoms with Gasteiger partial charge in [0.15, 0.2) is 0 Å². The van der Waals surface area contributed by atoms with E-state index < -0.39 is 0 Å². The van der Waals surface area contributed by atoms with Gasteiger partial charge in [-0.3, -0.25) is 0 Å². The van der Waals surface area contributed by atoms with Gasteiger partial charge in [0.25, 0.3) is 0 Å². The van der Waals surface area contributed by atoms with E-state index in [0.717, 1.165) is 25.9 Å². The first-order valence-corrected chi connectivity index (χ1v) is 11.5. The van der Waals surface area contributed by atoms with Crippen molar-refractivity contribution in [3.8, 4) is 0 Å². The summed E-state index contributed by atoms with van der Waals surface area (Å²) in [5.74, 6) is 0. The molecule has 0 aliphatic heterocycles. The Morgan fingerprint density at radius 2 is 1.16 bits per heavy atom. The van der Waals surface area contributed by atoms with Crippen molar-refractivity contribution in [2.75, 3.05) is 41.3 Å². The molecule has 0 radical (unpaired) electrons. The molecule has 0 fully saturated rings. The van der Waals surface area contributed by atoms with Crippen molar-refractivity contribution in [3.05, 3.63) is 96.1 Å². The Bertz CT molecular complexity index is 1230. The lowest BCUT2D eigenvalue weighted by Crippen LogP contribution is -2.16. The second-order valence-electron chi connectivity index (χ2n) is 9.15. The molecule has 0 atom stereocenters. The smallest absolute Gasteiger partial charge is 0.00160 e. The molecule has 4 aromatic carbocycles. The highest BCUT2D eigenvalue weighted by Gasteiger charge is 2.15. The molecular formula is C30H34N2. The van der Waals surface area contributed by atoms with Crippen LogP contribution in [0.4, 0.5) is 0 Å². The van der Waals surface area contributed by atoms with Crippen molar-refractivity contribution in [2.24, 2.45) is 0 Å². The van der Waals surface area contributed by atoms with Crippen LogP contribution in [0.2, 0.25) is 0 Å². The summed E-state index contributed by atoms with van der Waals surface area (Å²) >= 11 is 0. The van der Waals surface area contributed by atoms with Crippen molar-refractivity contribution in [1.82, 2.24) is 9.80 Å². The third kappa shape index (κ3) is 5.09. The fourth-order valence-corrected chi connectivity index (χ4v) is 4.45. The Kier molecular flexibility index (Phi) is 7.04. The van der Waals surface area contributed by atoms with E-state index in [9.17, 15) is 0 Å². The predicted molar refractivity (Wildman–Crippen MR) is 141 cm³/mol. The summed E-state index contributed by atoms with van der Waals surface area (Å²) < 4.78 is 0. The molecule has 0 saturated heterocycles. The molecule has 2 heteroatoms. The molecule has 0 N–H and O–H groups in total. The van der Waals surface area contributed by atoms with Gasteiger partial charge in [-0.05, 0) is 90.9 Å². The average Bonchev–Trinajstić information content (AvgIpc) is 2.80. The number of fused-ring (bicyclic) bond motifs is 2. The lowest BCUT2D eigenvalue weighted by atomic mass is 9.87. The van der Waals surface area contributed by atoms with Crippen molar-refractivity contribution >= 4 is 32.7 Å². The van der Waals surface area contributed by atoms with Crippen LogP contribution in [0.5, 0.6) is 0 Å². The predicted octanol–water partition coefficient (Wildman–Crippen LogP) is 6.81. The third-order valence-electron chi connectivity index (χ3n) is 6.19. The lowest BCUT2D eigenvalue weighted by Gasteiger charge is -2.22. The summed E-state index contributed by atoms with van der Waals surface area (Å²) in [6.45, 7) is 2.05. The van der Waals surface area contributed by atoms with E-state index in [1.165, 1.54) is 43.8 Å². The maximum absolute atomic E-state index is 2.38. The van der Waals surface area contributed by atoms with Crippen molar-refractivity contribution in [3.63, 3.8) is 0 Å². The molecule has 2 nitrogen and oxygen atoms in total. The minimum absolute atomic E-state index is 1.02. The lowest BCUT2D eigenvalue weighted by molar-refractivity contribution is 0.416. The summed E-state index contributed by atoms with van der Waals surface area (Å²) in [5.41, 5.74) is 5.63. The first kappa shape index (κ1) is 22.3. The van der Waals surface area contributed by atoms with E-state index in [2.05, 4.69) is 123 Å². The van der Waals surface area contributed by atoms with Gasteiger partial charge < -0.3 is 9.80 Å². The molecule has 0 heterocycles. The van der Waals surface area contributed by atoms with Gasteiger partial charge >= 0.3 is 0 Å². The molecule has 0 aliphatic rings. The molecular weight excluding hydrogens is 388 g/mol. The van der Waals surface area contributed by atoms with Crippen LogP contribution in [-0.4, -0.2) is 51.1 Å². The van der Waals surface area contributed by atoms with E-state index in [1.807, 2.05) is 0 Å². The Morgan fingerprint density at radius 3 is 1.88 bits per heavy atom. The Labute approximate surface area is 192 Å². The van der Waals surface area contributed by atoms with Gasteiger partial charge in [-0.2, -0.15) is 0 Å². The zero-order valence-corrected chi connectivity index (χ0v) is 19.8. The summed E-state index contributed by atoms with van der Waals surface area (Å²) in [6.07, 6.45) is 2.05. The van der Waals surface area contributed by atoms with E-state index in [1.54, 1.807) is 0 Å². The highest BCUT2D eigenvalue weighted by atomic mass is 15.1. The van der Waals surface area contributed by atoms with E-state index in [4.69, 9.17) is 0 Å². The maximum atomic E-state index is 2.38. The highest BCUT2D eigenvalue weighted by molar-refractivity contribution is 6.02. The first-order chi connectivity index (χ1) is 15.5. The minimum atomic E-state index is 1.02. The summed E-state index contributed by atoms with van der Waals surface area (Å²) in [7, 11) is 8.65. The first-order valence-electron chi connectivity index (χ1n) is 11.5. The van der Waals surface area contributed by atoms with Gasteiger partial charge in [-0.25, -0.2) is 0 Å². The van der Waals surface area contributed by atoms with Crippen molar-refractivity contribution < 1.29 is 0 Å². The number of hydrogen-bond donors (Lipinski definition) is 0. The molecule has 0 saturated carbocycles. The second-order valence-corrected chi connectivity index (χ2v) is 9.15. The molecule has 0 amide bonds. The zero-order chi connectivity index (χ0) is 22.5. The number of nitrogens with zero attached hydrogens (tertiary/aromatic N) is 2. The molecule has 0 unspecified atom stereocenters. The van der Waals surface area contributed by atoms with Crippen LogP contribution in [0.1, 0.15) is 24.0 Å². The quantitative estimate of drug-likeness (QED) is 0.288. The number of benzene rings is 4. The molecule has 4 rings (SSSR count). The monoisotopic (exact) mass is 422 g/mol. The highest BCUT2D eigenvalue weighted by Crippen LogP contribution is 2.36. The van der Waals surface area contributed by atoms with Crippen LogP contribution in [0, 0.1) is 0 Å². The van der Waals surface area contributed by atoms with Crippen LogP contribution >= 0.6 is 0 Å².